The lowest BCUT2D eigenvalue weighted by Gasteiger charge is -2.12. The largest absolute Gasteiger partial charge is 0.462 e. The molecule has 0 N–H and O–H groups in total. The van der Waals surface area contributed by atoms with Crippen molar-refractivity contribution in [1.29, 1.82) is 5.26 Å². The minimum Gasteiger partial charge on any atom is -0.462 e. The fraction of sp³-hybridized carbons (Fsp3) is 0.273. The van der Waals surface area contributed by atoms with E-state index in [1.54, 1.807) is 6.07 Å². The van der Waals surface area contributed by atoms with E-state index in [2.05, 4.69) is 17.4 Å². The van der Waals surface area contributed by atoms with Gasteiger partial charge in [0, 0.05) is 4.90 Å². The molecule has 0 radical (unpaired) electrons. The molecule has 0 aliphatic rings. The molecule has 0 saturated heterocycles. The minimum atomic E-state index is -4.65. The number of carbonyl (C=O) groups excluding carboxylic acids is 1. The number of rotatable bonds is 2. The van der Waals surface area contributed by atoms with Gasteiger partial charge in [0.15, 0.2) is 0 Å². The van der Waals surface area contributed by atoms with Crippen LogP contribution in [0.3, 0.4) is 0 Å². The summed E-state index contributed by atoms with van der Waals surface area (Å²) in [7, 11) is 0. The summed E-state index contributed by atoms with van der Waals surface area (Å²) < 4.78 is 42.5. The summed E-state index contributed by atoms with van der Waals surface area (Å²) in [4.78, 5) is 11.0. The topological polar surface area (TPSA) is 50.1 Å². The Morgan fingerprint density at radius 3 is 2.56 bits per heavy atom. The summed E-state index contributed by atoms with van der Waals surface area (Å²) in [6, 6.07) is 3.12. The molecule has 0 spiro atoms. The summed E-state index contributed by atoms with van der Waals surface area (Å²) in [5.41, 5.74) is -1.69. The van der Waals surface area contributed by atoms with Crippen LogP contribution in [0.1, 0.15) is 28.4 Å². The number of ether oxygens (including phenoxy) is 1. The number of nitrogens with zero attached hydrogens (tertiary/aromatic N) is 1. The lowest BCUT2D eigenvalue weighted by molar-refractivity contribution is -0.139. The van der Waals surface area contributed by atoms with Gasteiger partial charge < -0.3 is 4.74 Å². The van der Waals surface area contributed by atoms with E-state index < -0.39 is 28.2 Å². The van der Waals surface area contributed by atoms with Gasteiger partial charge in [0.05, 0.1) is 23.3 Å². The standard InChI is InChI=1S/C11H8F3NO2S/c1-2-17-10(16)7-4-8(11(12,13)14)9(18)3-6(7)5-15/h3-4,18H,2H2,1H3. The SMILES string of the molecule is CCOC(=O)c1cc(C(F)(F)F)c(S)cc1C#N. The summed E-state index contributed by atoms with van der Waals surface area (Å²) in [5.74, 6) is -0.965. The second kappa shape index (κ2) is 5.31. The molecule has 18 heavy (non-hydrogen) atoms. The molecule has 1 aromatic rings. The zero-order valence-corrected chi connectivity index (χ0v) is 10.1. The van der Waals surface area contributed by atoms with Crippen molar-refractivity contribution in [2.45, 2.75) is 18.0 Å². The summed E-state index contributed by atoms with van der Waals surface area (Å²) >= 11 is 3.66. The van der Waals surface area contributed by atoms with Gasteiger partial charge in [0.2, 0.25) is 0 Å². The van der Waals surface area contributed by atoms with Crippen LogP contribution in [-0.2, 0) is 10.9 Å². The number of carbonyl (C=O) groups is 1. The van der Waals surface area contributed by atoms with Crippen LogP contribution in [0.25, 0.3) is 0 Å². The maximum absolute atomic E-state index is 12.6. The molecule has 0 amide bonds. The van der Waals surface area contributed by atoms with Crippen molar-refractivity contribution in [1.82, 2.24) is 0 Å². The molecule has 0 fully saturated rings. The van der Waals surface area contributed by atoms with E-state index in [0.717, 1.165) is 6.07 Å². The van der Waals surface area contributed by atoms with Crippen LogP contribution in [0.15, 0.2) is 17.0 Å². The van der Waals surface area contributed by atoms with Gasteiger partial charge in [-0.1, -0.05) is 0 Å². The quantitative estimate of drug-likeness (QED) is 0.666. The van der Waals surface area contributed by atoms with Crippen LogP contribution in [0.2, 0.25) is 0 Å². The van der Waals surface area contributed by atoms with Crippen LogP contribution < -0.4 is 0 Å². The third-order valence-corrected chi connectivity index (χ3v) is 2.43. The zero-order valence-electron chi connectivity index (χ0n) is 9.21. The van der Waals surface area contributed by atoms with E-state index in [1.165, 1.54) is 6.92 Å². The molecule has 0 aliphatic carbocycles. The molecule has 7 heteroatoms. The Balaban J connectivity index is 3.42. The Labute approximate surface area is 107 Å². The van der Waals surface area contributed by atoms with E-state index in [1.807, 2.05) is 0 Å². The second-order valence-corrected chi connectivity index (χ2v) is 3.73. The van der Waals surface area contributed by atoms with Gasteiger partial charge in [-0.15, -0.1) is 12.6 Å². The fourth-order valence-corrected chi connectivity index (χ4v) is 1.61. The number of benzene rings is 1. The van der Waals surface area contributed by atoms with Crippen molar-refractivity contribution in [3.63, 3.8) is 0 Å². The minimum absolute atomic E-state index is 0.00762. The number of halogens is 3. The second-order valence-electron chi connectivity index (χ2n) is 3.24. The summed E-state index contributed by atoms with van der Waals surface area (Å²) in [6.45, 7) is 1.52. The fourth-order valence-electron chi connectivity index (χ4n) is 1.29. The number of hydrogen-bond acceptors (Lipinski definition) is 4. The molecular weight excluding hydrogens is 267 g/mol. The Morgan fingerprint density at radius 2 is 2.11 bits per heavy atom. The van der Waals surface area contributed by atoms with E-state index in [-0.39, 0.29) is 12.2 Å². The first-order valence-corrected chi connectivity index (χ1v) is 5.27. The van der Waals surface area contributed by atoms with Crippen LogP contribution in [0, 0.1) is 11.3 Å². The average molecular weight is 275 g/mol. The maximum atomic E-state index is 12.6. The van der Waals surface area contributed by atoms with Gasteiger partial charge in [-0.2, -0.15) is 18.4 Å². The lowest BCUT2D eigenvalue weighted by atomic mass is 10.0. The molecule has 96 valence electrons. The van der Waals surface area contributed by atoms with Gasteiger partial charge in [-0.25, -0.2) is 4.79 Å². The van der Waals surface area contributed by atoms with Crippen LogP contribution in [-0.4, -0.2) is 12.6 Å². The number of hydrogen-bond donors (Lipinski definition) is 1. The highest BCUT2D eigenvalue weighted by Crippen LogP contribution is 2.35. The highest BCUT2D eigenvalue weighted by Gasteiger charge is 2.34. The molecule has 3 nitrogen and oxygen atoms in total. The van der Waals surface area contributed by atoms with Crippen LogP contribution >= 0.6 is 12.6 Å². The third kappa shape index (κ3) is 2.96. The number of thiol groups is 1. The molecule has 0 saturated carbocycles. The Hall–Kier alpha value is -1.68. The van der Waals surface area contributed by atoms with E-state index >= 15 is 0 Å². The van der Waals surface area contributed by atoms with E-state index in [9.17, 15) is 18.0 Å². The van der Waals surface area contributed by atoms with Crippen LogP contribution in [0.4, 0.5) is 13.2 Å². The number of esters is 1. The first-order chi connectivity index (χ1) is 8.31. The van der Waals surface area contributed by atoms with Crippen molar-refractivity contribution in [2.75, 3.05) is 6.61 Å². The third-order valence-electron chi connectivity index (χ3n) is 2.06. The Bertz CT molecular complexity index is 520. The number of nitriles is 1. The van der Waals surface area contributed by atoms with Crippen molar-refractivity contribution in [3.05, 3.63) is 28.8 Å². The summed E-state index contributed by atoms with van der Waals surface area (Å²) in [6.07, 6.45) is -4.65. The normalized spacial score (nSPS) is 10.9. The molecule has 0 unspecified atom stereocenters. The monoisotopic (exact) mass is 275 g/mol. The molecule has 0 aromatic heterocycles. The van der Waals surface area contributed by atoms with Crippen molar-refractivity contribution in [2.24, 2.45) is 0 Å². The van der Waals surface area contributed by atoms with Crippen molar-refractivity contribution < 1.29 is 22.7 Å². The number of alkyl halides is 3. The molecule has 1 rings (SSSR count). The van der Waals surface area contributed by atoms with Gasteiger partial charge in [0.1, 0.15) is 6.07 Å². The maximum Gasteiger partial charge on any atom is 0.417 e. The molecule has 0 atom stereocenters. The molecule has 0 heterocycles. The molecule has 1 aromatic carbocycles. The Kier molecular flexibility index (Phi) is 4.24. The predicted molar refractivity (Wildman–Crippen MR) is 59.4 cm³/mol. The molecule has 0 aliphatic heterocycles. The van der Waals surface area contributed by atoms with Crippen molar-refractivity contribution in [3.8, 4) is 6.07 Å². The summed E-state index contributed by atoms with van der Waals surface area (Å²) in [5, 5.41) is 8.78. The highest BCUT2D eigenvalue weighted by atomic mass is 32.1. The van der Waals surface area contributed by atoms with E-state index in [4.69, 9.17) is 5.26 Å². The van der Waals surface area contributed by atoms with Crippen molar-refractivity contribution >= 4 is 18.6 Å². The zero-order chi connectivity index (χ0) is 13.9. The van der Waals surface area contributed by atoms with E-state index in [0.29, 0.717) is 6.07 Å². The smallest absolute Gasteiger partial charge is 0.417 e. The Morgan fingerprint density at radius 1 is 1.50 bits per heavy atom. The first-order valence-electron chi connectivity index (χ1n) is 4.82. The lowest BCUT2D eigenvalue weighted by Crippen LogP contribution is -2.12. The van der Waals surface area contributed by atoms with Gasteiger partial charge >= 0.3 is 12.1 Å². The van der Waals surface area contributed by atoms with Gasteiger partial charge in [-0.3, -0.25) is 0 Å². The predicted octanol–water partition coefficient (Wildman–Crippen LogP) is 3.04. The highest BCUT2D eigenvalue weighted by molar-refractivity contribution is 7.80. The molecular formula is C11H8F3NO2S. The average Bonchev–Trinajstić information content (AvgIpc) is 2.27. The van der Waals surface area contributed by atoms with Gasteiger partial charge in [0.25, 0.3) is 0 Å². The first kappa shape index (κ1) is 14.4. The molecule has 0 bridgehead atoms. The van der Waals surface area contributed by atoms with Gasteiger partial charge in [-0.05, 0) is 19.1 Å². The van der Waals surface area contributed by atoms with Crippen LogP contribution in [0.5, 0.6) is 0 Å².